The molecule has 118 valence electrons. The van der Waals surface area contributed by atoms with Crippen molar-refractivity contribution in [1.29, 1.82) is 0 Å². The summed E-state index contributed by atoms with van der Waals surface area (Å²) in [6.45, 7) is 2.26. The topological polar surface area (TPSA) is 70.6 Å². The Hall–Kier alpha value is -2.66. The lowest BCUT2D eigenvalue weighted by molar-refractivity contribution is -0.139. The SMILES string of the molecule is Cc1ccc(CNC(=O)C(=O)NN=Cc2ccccc2Cl)cc1. The summed E-state index contributed by atoms with van der Waals surface area (Å²) in [5.74, 6) is -1.58. The van der Waals surface area contributed by atoms with Crippen LogP contribution in [0.1, 0.15) is 16.7 Å². The van der Waals surface area contributed by atoms with Gasteiger partial charge in [-0.25, -0.2) is 5.43 Å². The van der Waals surface area contributed by atoms with E-state index in [-0.39, 0.29) is 6.54 Å². The molecule has 0 unspecified atom stereocenters. The van der Waals surface area contributed by atoms with Crippen LogP contribution in [0, 0.1) is 6.92 Å². The van der Waals surface area contributed by atoms with Crippen molar-refractivity contribution in [2.24, 2.45) is 5.10 Å². The number of carbonyl (C=O) groups is 2. The highest BCUT2D eigenvalue weighted by molar-refractivity contribution is 6.35. The van der Waals surface area contributed by atoms with Crippen molar-refractivity contribution in [3.8, 4) is 0 Å². The van der Waals surface area contributed by atoms with Crippen LogP contribution in [0.4, 0.5) is 0 Å². The van der Waals surface area contributed by atoms with Crippen LogP contribution in [0.5, 0.6) is 0 Å². The van der Waals surface area contributed by atoms with Crippen molar-refractivity contribution in [3.63, 3.8) is 0 Å². The van der Waals surface area contributed by atoms with Crippen molar-refractivity contribution < 1.29 is 9.59 Å². The van der Waals surface area contributed by atoms with Crippen LogP contribution in [0.2, 0.25) is 5.02 Å². The third-order valence-electron chi connectivity index (χ3n) is 3.05. The third kappa shape index (κ3) is 5.23. The monoisotopic (exact) mass is 329 g/mol. The Morgan fingerprint density at radius 2 is 1.78 bits per heavy atom. The Morgan fingerprint density at radius 3 is 2.48 bits per heavy atom. The maximum Gasteiger partial charge on any atom is 0.329 e. The van der Waals surface area contributed by atoms with E-state index < -0.39 is 11.8 Å². The van der Waals surface area contributed by atoms with E-state index in [4.69, 9.17) is 11.6 Å². The molecule has 5 nitrogen and oxygen atoms in total. The number of nitrogens with one attached hydrogen (secondary N) is 2. The van der Waals surface area contributed by atoms with E-state index in [0.29, 0.717) is 10.6 Å². The number of hydrogen-bond acceptors (Lipinski definition) is 3. The fourth-order valence-electron chi connectivity index (χ4n) is 1.76. The number of halogens is 1. The van der Waals surface area contributed by atoms with E-state index in [1.54, 1.807) is 24.3 Å². The number of carbonyl (C=O) groups excluding carboxylic acids is 2. The summed E-state index contributed by atoms with van der Waals surface area (Å²) in [4.78, 5) is 23.3. The second kappa shape index (κ2) is 8.10. The van der Waals surface area contributed by atoms with Crippen LogP contribution in [0.25, 0.3) is 0 Å². The summed E-state index contributed by atoms with van der Waals surface area (Å²) in [5, 5.41) is 6.76. The number of benzene rings is 2. The fourth-order valence-corrected chi connectivity index (χ4v) is 1.94. The molecule has 2 aromatic rings. The Labute approximate surface area is 139 Å². The molecule has 2 aromatic carbocycles. The highest BCUT2D eigenvalue weighted by Crippen LogP contribution is 2.11. The normalized spacial score (nSPS) is 10.5. The van der Waals surface area contributed by atoms with E-state index in [9.17, 15) is 9.59 Å². The van der Waals surface area contributed by atoms with E-state index >= 15 is 0 Å². The van der Waals surface area contributed by atoms with Gasteiger partial charge in [-0.15, -0.1) is 0 Å². The highest BCUT2D eigenvalue weighted by Gasteiger charge is 2.11. The summed E-state index contributed by atoms with van der Waals surface area (Å²) >= 11 is 5.95. The lowest BCUT2D eigenvalue weighted by Crippen LogP contribution is -2.37. The van der Waals surface area contributed by atoms with Gasteiger partial charge < -0.3 is 5.32 Å². The van der Waals surface area contributed by atoms with E-state index in [2.05, 4.69) is 15.8 Å². The molecule has 0 fully saturated rings. The number of rotatable bonds is 4. The minimum absolute atomic E-state index is 0.279. The number of aryl methyl sites for hydroxylation is 1. The van der Waals surface area contributed by atoms with Gasteiger partial charge >= 0.3 is 11.8 Å². The third-order valence-corrected chi connectivity index (χ3v) is 3.40. The quantitative estimate of drug-likeness (QED) is 0.514. The zero-order chi connectivity index (χ0) is 16.7. The Morgan fingerprint density at radius 1 is 1.09 bits per heavy atom. The van der Waals surface area contributed by atoms with Gasteiger partial charge in [0.2, 0.25) is 0 Å². The van der Waals surface area contributed by atoms with Crippen molar-refractivity contribution in [1.82, 2.24) is 10.7 Å². The Bertz CT molecular complexity index is 727. The fraction of sp³-hybridized carbons (Fsp3) is 0.118. The molecule has 23 heavy (non-hydrogen) atoms. The molecule has 0 aliphatic rings. The molecule has 0 atom stereocenters. The summed E-state index contributed by atoms with van der Waals surface area (Å²) < 4.78 is 0. The standard InChI is InChI=1S/C17H16ClN3O2/c1-12-6-8-13(9-7-12)10-19-16(22)17(23)21-20-11-14-4-2-3-5-15(14)18/h2-9,11H,10H2,1H3,(H,19,22)(H,21,23). The molecule has 0 radical (unpaired) electrons. The predicted molar refractivity (Wildman–Crippen MR) is 90.2 cm³/mol. The summed E-state index contributed by atoms with van der Waals surface area (Å²) in [6, 6.07) is 14.7. The first-order chi connectivity index (χ1) is 11.1. The van der Waals surface area contributed by atoms with E-state index in [0.717, 1.165) is 11.1 Å². The van der Waals surface area contributed by atoms with Gasteiger partial charge in [-0.1, -0.05) is 59.6 Å². The Kier molecular flexibility index (Phi) is 5.88. The zero-order valence-corrected chi connectivity index (χ0v) is 13.3. The molecule has 2 amide bonds. The Balaban J connectivity index is 1.82. The minimum Gasteiger partial charge on any atom is -0.344 e. The van der Waals surface area contributed by atoms with Gasteiger partial charge in [-0.3, -0.25) is 9.59 Å². The van der Waals surface area contributed by atoms with Crippen LogP contribution < -0.4 is 10.7 Å². The van der Waals surface area contributed by atoms with Gasteiger partial charge in [0, 0.05) is 17.1 Å². The molecule has 6 heteroatoms. The van der Waals surface area contributed by atoms with Gasteiger partial charge in [0.25, 0.3) is 0 Å². The lowest BCUT2D eigenvalue weighted by atomic mass is 10.1. The molecule has 0 saturated heterocycles. The summed E-state index contributed by atoms with van der Waals surface area (Å²) in [6.07, 6.45) is 1.38. The maximum absolute atomic E-state index is 11.7. The number of amides is 2. The molecule has 0 heterocycles. The van der Waals surface area contributed by atoms with Crippen LogP contribution in [0.3, 0.4) is 0 Å². The van der Waals surface area contributed by atoms with Gasteiger partial charge in [-0.05, 0) is 18.6 Å². The maximum atomic E-state index is 11.7. The van der Waals surface area contributed by atoms with E-state index in [1.165, 1.54) is 6.21 Å². The van der Waals surface area contributed by atoms with Gasteiger partial charge in [0.15, 0.2) is 0 Å². The van der Waals surface area contributed by atoms with Crippen molar-refractivity contribution >= 4 is 29.6 Å². The molecule has 0 bridgehead atoms. The molecule has 0 aromatic heterocycles. The average molecular weight is 330 g/mol. The zero-order valence-electron chi connectivity index (χ0n) is 12.5. The number of hydrogen-bond donors (Lipinski definition) is 2. The molecule has 0 aliphatic heterocycles. The molecule has 2 N–H and O–H groups in total. The van der Waals surface area contributed by atoms with E-state index in [1.807, 2.05) is 31.2 Å². The van der Waals surface area contributed by atoms with Crippen molar-refractivity contribution in [2.45, 2.75) is 13.5 Å². The second-order valence-corrected chi connectivity index (χ2v) is 5.30. The smallest absolute Gasteiger partial charge is 0.329 e. The van der Waals surface area contributed by atoms with Crippen LogP contribution in [-0.4, -0.2) is 18.0 Å². The first kappa shape index (κ1) is 16.7. The highest BCUT2D eigenvalue weighted by atomic mass is 35.5. The number of nitrogens with zero attached hydrogens (tertiary/aromatic N) is 1. The molecule has 2 rings (SSSR count). The molecular weight excluding hydrogens is 314 g/mol. The van der Waals surface area contributed by atoms with Crippen LogP contribution in [-0.2, 0) is 16.1 Å². The second-order valence-electron chi connectivity index (χ2n) is 4.89. The van der Waals surface area contributed by atoms with Crippen LogP contribution in [0.15, 0.2) is 53.6 Å². The van der Waals surface area contributed by atoms with Gasteiger partial charge in [0.05, 0.1) is 6.21 Å². The average Bonchev–Trinajstić information content (AvgIpc) is 2.55. The first-order valence-electron chi connectivity index (χ1n) is 6.97. The largest absolute Gasteiger partial charge is 0.344 e. The number of hydrazone groups is 1. The van der Waals surface area contributed by atoms with Gasteiger partial charge in [0.1, 0.15) is 0 Å². The summed E-state index contributed by atoms with van der Waals surface area (Å²) in [5.41, 5.74) is 4.86. The van der Waals surface area contributed by atoms with Crippen LogP contribution >= 0.6 is 11.6 Å². The minimum atomic E-state index is -0.833. The molecule has 0 saturated carbocycles. The molecule has 0 aliphatic carbocycles. The first-order valence-corrected chi connectivity index (χ1v) is 7.35. The van der Waals surface area contributed by atoms with Gasteiger partial charge in [-0.2, -0.15) is 5.10 Å². The molecular formula is C17H16ClN3O2. The van der Waals surface area contributed by atoms with Crippen molar-refractivity contribution in [2.75, 3.05) is 0 Å². The molecule has 0 spiro atoms. The van der Waals surface area contributed by atoms with Crippen molar-refractivity contribution in [3.05, 3.63) is 70.2 Å². The lowest BCUT2D eigenvalue weighted by Gasteiger charge is -2.04. The summed E-state index contributed by atoms with van der Waals surface area (Å²) in [7, 11) is 0. The predicted octanol–water partition coefficient (Wildman–Crippen LogP) is 2.41.